The quantitative estimate of drug-likeness (QED) is 0.479. The first kappa shape index (κ1) is 14.0. The van der Waals surface area contributed by atoms with Crippen LogP contribution in [-0.2, 0) is 6.61 Å². The molecule has 0 aromatic heterocycles. The molecule has 5 nitrogen and oxygen atoms in total. The number of ether oxygens (including phenoxy) is 1. The Morgan fingerprint density at radius 1 is 1.20 bits per heavy atom. The predicted octanol–water partition coefficient (Wildman–Crippen LogP) is 3.64. The zero-order chi connectivity index (χ0) is 14.5. The molecule has 20 heavy (non-hydrogen) atoms. The van der Waals surface area contributed by atoms with Gasteiger partial charge in [0.1, 0.15) is 12.4 Å². The zero-order valence-electron chi connectivity index (χ0n) is 10.3. The normalized spacial score (nSPS) is 10.1. The largest absolute Gasteiger partial charge is 0.488 e. The molecule has 0 aliphatic carbocycles. The van der Waals surface area contributed by atoms with E-state index in [1.54, 1.807) is 36.4 Å². The SMILES string of the molecule is O=Cc1c(Cl)cccc1OCc1ccccc1[N+](=O)[O-]. The van der Waals surface area contributed by atoms with Crippen LogP contribution in [0.3, 0.4) is 0 Å². The molecule has 0 spiro atoms. The first-order valence-corrected chi connectivity index (χ1v) is 6.10. The first-order valence-electron chi connectivity index (χ1n) is 5.72. The fourth-order valence-electron chi connectivity index (χ4n) is 1.72. The molecule has 0 fully saturated rings. The van der Waals surface area contributed by atoms with E-state index >= 15 is 0 Å². The van der Waals surface area contributed by atoms with Gasteiger partial charge in [0.05, 0.1) is 21.1 Å². The third-order valence-electron chi connectivity index (χ3n) is 2.70. The van der Waals surface area contributed by atoms with Crippen LogP contribution in [0.25, 0.3) is 0 Å². The minimum atomic E-state index is -0.475. The van der Waals surface area contributed by atoms with Crippen molar-refractivity contribution in [2.75, 3.05) is 0 Å². The summed E-state index contributed by atoms with van der Waals surface area (Å²) in [5.74, 6) is 0.297. The first-order chi connectivity index (χ1) is 9.63. The summed E-state index contributed by atoms with van der Waals surface area (Å²) in [6, 6.07) is 11.1. The van der Waals surface area contributed by atoms with Crippen LogP contribution in [0.2, 0.25) is 5.02 Å². The van der Waals surface area contributed by atoms with Gasteiger partial charge in [-0.3, -0.25) is 14.9 Å². The van der Waals surface area contributed by atoms with E-state index in [-0.39, 0.29) is 22.9 Å². The summed E-state index contributed by atoms with van der Waals surface area (Å²) in [7, 11) is 0. The molecular formula is C14H10ClNO4. The summed E-state index contributed by atoms with van der Waals surface area (Å²) < 4.78 is 5.47. The topological polar surface area (TPSA) is 69.4 Å². The molecule has 2 rings (SSSR count). The van der Waals surface area contributed by atoms with Crippen molar-refractivity contribution in [3.8, 4) is 5.75 Å². The summed E-state index contributed by atoms with van der Waals surface area (Å²) in [4.78, 5) is 21.4. The van der Waals surface area contributed by atoms with Crippen molar-refractivity contribution in [1.82, 2.24) is 0 Å². The lowest BCUT2D eigenvalue weighted by Crippen LogP contribution is -2.02. The lowest BCUT2D eigenvalue weighted by molar-refractivity contribution is -0.385. The Bertz CT molecular complexity index is 657. The van der Waals surface area contributed by atoms with Gasteiger partial charge in [-0.05, 0) is 18.2 Å². The van der Waals surface area contributed by atoms with Gasteiger partial charge in [-0.1, -0.05) is 29.8 Å². The highest BCUT2D eigenvalue weighted by Gasteiger charge is 2.14. The number of para-hydroxylation sites is 1. The van der Waals surface area contributed by atoms with Gasteiger partial charge >= 0.3 is 0 Å². The van der Waals surface area contributed by atoms with E-state index in [9.17, 15) is 14.9 Å². The number of hydrogen-bond donors (Lipinski definition) is 0. The minimum absolute atomic E-state index is 0.0155. The predicted molar refractivity (Wildman–Crippen MR) is 74.3 cm³/mol. The van der Waals surface area contributed by atoms with Crippen molar-refractivity contribution in [1.29, 1.82) is 0 Å². The van der Waals surface area contributed by atoms with Gasteiger partial charge in [0.25, 0.3) is 5.69 Å². The minimum Gasteiger partial charge on any atom is -0.488 e. The maximum Gasteiger partial charge on any atom is 0.276 e. The molecule has 0 saturated carbocycles. The fourth-order valence-corrected chi connectivity index (χ4v) is 1.93. The van der Waals surface area contributed by atoms with Crippen molar-refractivity contribution in [2.24, 2.45) is 0 Å². The molecule has 0 N–H and O–H groups in total. The number of rotatable bonds is 5. The zero-order valence-corrected chi connectivity index (χ0v) is 11.0. The van der Waals surface area contributed by atoms with Crippen LogP contribution in [0.1, 0.15) is 15.9 Å². The van der Waals surface area contributed by atoms with Crippen LogP contribution < -0.4 is 4.74 Å². The van der Waals surface area contributed by atoms with Crippen LogP contribution in [0, 0.1) is 10.1 Å². The van der Waals surface area contributed by atoms with Crippen LogP contribution in [0.4, 0.5) is 5.69 Å². The molecule has 0 atom stereocenters. The average Bonchev–Trinajstić information content (AvgIpc) is 2.45. The monoisotopic (exact) mass is 291 g/mol. The molecular weight excluding hydrogens is 282 g/mol. The molecule has 0 unspecified atom stereocenters. The molecule has 0 saturated heterocycles. The summed E-state index contributed by atoms with van der Waals surface area (Å²) in [6.45, 7) is -0.0155. The standard InChI is InChI=1S/C14H10ClNO4/c15-12-5-3-7-14(11(12)8-17)20-9-10-4-1-2-6-13(10)16(18)19/h1-8H,9H2. The Morgan fingerprint density at radius 2 is 1.95 bits per heavy atom. The van der Waals surface area contributed by atoms with Crippen molar-refractivity contribution in [2.45, 2.75) is 6.61 Å². The highest BCUT2D eigenvalue weighted by Crippen LogP contribution is 2.26. The number of halogens is 1. The molecule has 0 radical (unpaired) electrons. The van der Waals surface area contributed by atoms with Gasteiger partial charge in [0, 0.05) is 6.07 Å². The van der Waals surface area contributed by atoms with Crippen molar-refractivity contribution in [3.05, 3.63) is 68.7 Å². The van der Waals surface area contributed by atoms with Crippen LogP contribution >= 0.6 is 11.6 Å². The second kappa shape index (κ2) is 6.16. The Labute approximate surface area is 119 Å². The molecule has 0 aliphatic heterocycles. The van der Waals surface area contributed by atoms with Crippen molar-refractivity contribution in [3.63, 3.8) is 0 Å². The number of aldehydes is 1. The second-order valence-corrected chi connectivity index (χ2v) is 4.35. The molecule has 0 aliphatic rings. The fraction of sp³-hybridized carbons (Fsp3) is 0.0714. The van der Waals surface area contributed by atoms with Gasteiger partial charge in [0.15, 0.2) is 6.29 Å². The van der Waals surface area contributed by atoms with Gasteiger partial charge in [0.2, 0.25) is 0 Å². The van der Waals surface area contributed by atoms with Gasteiger partial charge < -0.3 is 4.74 Å². The second-order valence-electron chi connectivity index (χ2n) is 3.94. The number of nitro groups is 1. The molecule has 102 valence electrons. The Hall–Kier alpha value is -2.40. The summed E-state index contributed by atoms with van der Waals surface area (Å²) in [5, 5.41) is 11.2. The highest BCUT2D eigenvalue weighted by atomic mass is 35.5. The maximum atomic E-state index is 11.0. The summed E-state index contributed by atoms with van der Waals surface area (Å²) >= 11 is 5.87. The number of hydrogen-bond acceptors (Lipinski definition) is 4. The van der Waals surface area contributed by atoms with E-state index in [1.807, 2.05) is 0 Å². The van der Waals surface area contributed by atoms with Gasteiger partial charge in [-0.25, -0.2) is 0 Å². The van der Waals surface area contributed by atoms with Crippen LogP contribution in [0.15, 0.2) is 42.5 Å². The van der Waals surface area contributed by atoms with E-state index in [0.717, 1.165) is 0 Å². The Morgan fingerprint density at radius 3 is 2.65 bits per heavy atom. The third-order valence-corrected chi connectivity index (χ3v) is 3.03. The van der Waals surface area contributed by atoms with Crippen molar-refractivity contribution >= 4 is 23.6 Å². The Balaban J connectivity index is 2.24. The van der Waals surface area contributed by atoms with E-state index in [2.05, 4.69) is 0 Å². The number of carbonyl (C=O) groups is 1. The van der Waals surface area contributed by atoms with E-state index in [0.29, 0.717) is 17.6 Å². The number of carbonyl (C=O) groups excluding carboxylic acids is 1. The van der Waals surface area contributed by atoms with E-state index in [1.165, 1.54) is 6.07 Å². The van der Waals surface area contributed by atoms with Crippen molar-refractivity contribution < 1.29 is 14.5 Å². The highest BCUT2D eigenvalue weighted by molar-refractivity contribution is 6.33. The van der Waals surface area contributed by atoms with E-state index in [4.69, 9.17) is 16.3 Å². The molecule has 2 aromatic rings. The molecule has 0 bridgehead atoms. The average molecular weight is 292 g/mol. The number of benzene rings is 2. The van der Waals surface area contributed by atoms with Gasteiger partial charge in [-0.15, -0.1) is 0 Å². The van der Waals surface area contributed by atoms with Crippen LogP contribution in [0.5, 0.6) is 5.75 Å². The smallest absolute Gasteiger partial charge is 0.276 e. The molecule has 2 aromatic carbocycles. The maximum absolute atomic E-state index is 11.0. The molecule has 0 heterocycles. The Kier molecular flexibility index (Phi) is 4.32. The van der Waals surface area contributed by atoms with Crippen LogP contribution in [-0.4, -0.2) is 11.2 Å². The molecule has 6 heteroatoms. The summed E-state index contributed by atoms with van der Waals surface area (Å²) in [6.07, 6.45) is 0.594. The summed E-state index contributed by atoms with van der Waals surface area (Å²) in [5.41, 5.74) is 0.629. The number of nitro benzene ring substituents is 1. The lowest BCUT2D eigenvalue weighted by atomic mass is 10.2. The van der Waals surface area contributed by atoms with E-state index < -0.39 is 4.92 Å². The third kappa shape index (κ3) is 2.95. The van der Waals surface area contributed by atoms with Gasteiger partial charge in [-0.2, -0.15) is 0 Å². The molecule has 0 amide bonds. The number of nitrogens with zero attached hydrogens (tertiary/aromatic N) is 1. The lowest BCUT2D eigenvalue weighted by Gasteiger charge is -2.09.